The van der Waals surface area contributed by atoms with Crippen LogP contribution in [0.2, 0.25) is 0 Å². The van der Waals surface area contributed by atoms with Crippen molar-refractivity contribution in [3.63, 3.8) is 0 Å². The van der Waals surface area contributed by atoms with Gasteiger partial charge in [-0.15, -0.1) is 11.3 Å². The second kappa shape index (κ2) is 11.7. The van der Waals surface area contributed by atoms with E-state index >= 15 is 0 Å². The number of rotatable bonds is 7. The molecule has 0 atom stereocenters. The lowest BCUT2D eigenvalue weighted by Gasteiger charge is -2.31. The van der Waals surface area contributed by atoms with Crippen molar-refractivity contribution >= 4 is 38.7 Å². The summed E-state index contributed by atoms with van der Waals surface area (Å²) in [5.74, 6) is -0.0848. The van der Waals surface area contributed by atoms with Crippen molar-refractivity contribution < 1.29 is 22.7 Å². The molecule has 2 aliphatic rings. The molecule has 0 bridgehead atoms. The lowest BCUT2D eigenvalue weighted by Crippen LogP contribution is -2.37. The normalized spacial score (nSPS) is 16.5. The second-order valence-corrected chi connectivity index (χ2v) is 13.3. The average Bonchev–Trinajstić information content (AvgIpc) is 3.47. The van der Waals surface area contributed by atoms with Gasteiger partial charge in [0.1, 0.15) is 16.9 Å². The van der Waals surface area contributed by atoms with Crippen LogP contribution in [0.25, 0.3) is 10.6 Å². The molecule has 4 aromatic rings. The third kappa shape index (κ3) is 5.67. The third-order valence-corrected chi connectivity index (χ3v) is 10.5. The number of benzene rings is 3. The van der Waals surface area contributed by atoms with Crippen LogP contribution in [0.1, 0.15) is 45.4 Å². The van der Waals surface area contributed by atoms with E-state index in [9.17, 15) is 18.0 Å². The highest BCUT2D eigenvalue weighted by Gasteiger charge is 2.31. The third-order valence-electron chi connectivity index (χ3n) is 7.56. The van der Waals surface area contributed by atoms with E-state index in [-0.39, 0.29) is 39.3 Å². The molecule has 2 amide bonds. The Kier molecular flexibility index (Phi) is 7.80. The first kappa shape index (κ1) is 28.1. The Bertz CT molecular complexity index is 1740. The number of thiazole rings is 1. The molecular weight excluding hydrogens is 572 g/mol. The van der Waals surface area contributed by atoms with E-state index in [1.165, 1.54) is 41.7 Å². The zero-order valence-corrected chi connectivity index (χ0v) is 24.6. The molecule has 2 N–H and O–H groups in total. The summed E-state index contributed by atoms with van der Waals surface area (Å²) in [6.45, 7) is 5.65. The Morgan fingerprint density at radius 3 is 2.60 bits per heavy atom. The van der Waals surface area contributed by atoms with Gasteiger partial charge in [-0.2, -0.15) is 0 Å². The SMILES string of the molecule is CCN1CCC(Oc2ccc(-c3ncc(CNC(=O)c4ccc5c(c4)NC(=O)c4ccccc4S5(=O)=O)s3)cc2)CC1. The van der Waals surface area contributed by atoms with E-state index in [2.05, 4.69) is 27.4 Å². The summed E-state index contributed by atoms with van der Waals surface area (Å²) in [5, 5.41) is 6.33. The summed E-state index contributed by atoms with van der Waals surface area (Å²) < 4.78 is 32.6. The predicted octanol–water partition coefficient (Wildman–Crippen LogP) is 5.00. The zero-order valence-electron chi connectivity index (χ0n) is 23.0. The molecule has 11 heteroatoms. The van der Waals surface area contributed by atoms with Gasteiger partial charge in [-0.05, 0) is 74.0 Å². The van der Waals surface area contributed by atoms with Crippen LogP contribution in [0.5, 0.6) is 5.75 Å². The van der Waals surface area contributed by atoms with E-state index in [0.29, 0.717) is 0 Å². The number of aromatic nitrogens is 1. The van der Waals surface area contributed by atoms with Gasteiger partial charge in [-0.3, -0.25) is 9.59 Å². The number of nitrogens with zero attached hydrogens (tertiary/aromatic N) is 2. The molecule has 42 heavy (non-hydrogen) atoms. The van der Waals surface area contributed by atoms with Crippen molar-refractivity contribution in [2.45, 2.75) is 42.2 Å². The number of hydrogen-bond donors (Lipinski definition) is 2. The second-order valence-electron chi connectivity index (χ2n) is 10.3. The fraction of sp³-hybridized carbons (Fsp3) is 0.258. The minimum absolute atomic E-state index is 0.0530. The Hall–Kier alpha value is -4.06. The summed E-state index contributed by atoms with van der Waals surface area (Å²) >= 11 is 1.48. The van der Waals surface area contributed by atoms with Gasteiger partial charge in [0, 0.05) is 35.3 Å². The Labute approximate surface area is 248 Å². The van der Waals surface area contributed by atoms with Crippen LogP contribution < -0.4 is 15.4 Å². The van der Waals surface area contributed by atoms with E-state index < -0.39 is 21.7 Å². The van der Waals surface area contributed by atoms with Crippen molar-refractivity contribution in [1.29, 1.82) is 0 Å². The number of carbonyl (C=O) groups is 2. The number of amides is 2. The summed E-state index contributed by atoms with van der Waals surface area (Å²) in [6, 6.07) is 18.2. The van der Waals surface area contributed by atoms with Crippen LogP contribution in [0.15, 0.2) is 82.7 Å². The van der Waals surface area contributed by atoms with Gasteiger partial charge >= 0.3 is 0 Å². The van der Waals surface area contributed by atoms with E-state index in [1.807, 2.05) is 24.3 Å². The average molecular weight is 603 g/mol. The lowest BCUT2D eigenvalue weighted by atomic mass is 10.1. The number of hydrogen-bond acceptors (Lipinski definition) is 8. The van der Waals surface area contributed by atoms with Gasteiger partial charge in [0.25, 0.3) is 11.8 Å². The molecule has 0 saturated carbocycles. The molecule has 2 aliphatic heterocycles. The molecule has 6 rings (SSSR count). The number of sulfone groups is 1. The predicted molar refractivity (Wildman–Crippen MR) is 161 cm³/mol. The van der Waals surface area contributed by atoms with Gasteiger partial charge in [-0.25, -0.2) is 13.4 Å². The van der Waals surface area contributed by atoms with E-state index in [1.54, 1.807) is 18.3 Å². The standard InChI is InChI=1S/C31H30N4O5S2/c1-2-35-15-13-23(14-16-35)40-22-10-7-20(8-11-22)31-33-19-24(41-31)18-32-29(36)21-9-12-28-26(17-21)34-30(37)25-5-3-4-6-27(25)42(28,38)39/h3-12,17,19,23H,2,13-16,18H2,1H3,(H,32,36)(H,34,37). The van der Waals surface area contributed by atoms with E-state index in [4.69, 9.17) is 4.74 Å². The number of likely N-dealkylation sites (tertiary alicyclic amines) is 1. The number of ether oxygens (including phenoxy) is 1. The lowest BCUT2D eigenvalue weighted by molar-refractivity contribution is 0.0949. The van der Waals surface area contributed by atoms with Crippen LogP contribution in [0.3, 0.4) is 0 Å². The zero-order chi connectivity index (χ0) is 29.3. The fourth-order valence-corrected chi connectivity index (χ4v) is 7.65. The maximum Gasteiger partial charge on any atom is 0.257 e. The van der Waals surface area contributed by atoms with Gasteiger partial charge in [0.2, 0.25) is 9.84 Å². The van der Waals surface area contributed by atoms with Crippen LogP contribution in [0, 0.1) is 0 Å². The van der Waals surface area contributed by atoms with Crippen molar-refractivity contribution in [3.05, 3.63) is 88.9 Å². The van der Waals surface area contributed by atoms with Gasteiger partial charge in [0.15, 0.2) is 0 Å². The number of nitrogens with one attached hydrogen (secondary N) is 2. The summed E-state index contributed by atoms with van der Waals surface area (Å²) in [4.78, 5) is 33.4. The highest BCUT2D eigenvalue weighted by molar-refractivity contribution is 7.91. The molecule has 1 fully saturated rings. The molecular formula is C31H30N4O5S2. The van der Waals surface area contributed by atoms with Gasteiger partial charge in [0.05, 0.1) is 27.6 Å². The molecule has 0 spiro atoms. The van der Waals surface area contributed by atoms with Crippen LogP contribution in [0.4, 0.5) is 5.69 Å². The van der Waals surface area contributed by atoms with Crippen molar-refractivity contribution in [3.8, 4) is 16.3 Å². The highest BCUT2D eigenvalue weighted by atomic mass is 32.2. The van der Waals surface area contributed by atoms with E-state index in [0.717, 1.165) is 53.7 Å². The minimum atomic E-state index is -3.94. The monoisotopic (exact) mass is 602 g/mol. The van der Waals surface area contributed by atoms with Crippen LogP contribution in [-0.2, 0) is 16.4 Å². The number of piperidine rings is 1. The number of fused-ring (bicyclic) bond motifs is 2. The minimum Gasteiger partial charge on any atom is -0.490 e. The van der Waals surface area contributed by atoms with Crippen LogP contribution >= 0.6 is 11.3 Å². The molecule has 0 unspecified atom stereocenters. The largest absolute Gasteiger partial charge is 0.490 e. The Morgan fingerprint density at radius 1 is 1.07 bits per heavy atom. The Morgan fingerprint density at radius 2 is 1.83 bits per heavy atom. The topological polar surface area (TPSA) is 118 Å². The summed E-state index contributed by atoms with van der Waals surface area (Å²) in [6.07, 6.45) is 4.04. The molecule has 9 nitrogen and oxygen atoms in total. The molecule has 1 saturated heterocycles. The summed E-state index contributed by atoms with van der Waals surface area (Å²) in [5.41, 5.74) is 1.34. The molecule has 0 radical (unpaired) electrons. The first-order valence-electron chi connectivity index (χ1n) is 13.8. The first-order chi connectivity index (χ1) is 20.3. The number of anilines is 1. The van der Waals surface area contributed by atoms with Crippen molar-refractivity contribution in [2.24, 2.45) is 0 Å². The van der Waals surface area contributed by atoms with Gasteiger partial charge < -0.3 is 20.3 Å². The van der Waals surface area contributed by atoms with Crippen molar-refractivity contribution in [1.82, 2.24) is 15.2 Å². The van der Waals surface area contributed by atoms with Crippen molar-refractivity contribution in [2.75, 3.05) is 25.0 Å². The molecule has 3 aromatic carbocycles. The fourth-order valence-electron chi connectivity index (χ4n) is 5.20. The smallest absolute Gasteiger partial charge is 0.257 e. The Balaban J connectivity index is 1.09. The first-order valence-corrected chi connectivity index (χ1v) is 16.1. The quantitative estimate of drug-likeness (QED) is 0.306. The van der Waals surface area contributed by atoms with Crippen LogP contribution in [-0.4, -0.2) is 55.9 Å². The maximum absolute atomic E-state index is 13.2. The molecule has 3 heterocycles. The van der Waals surface area contributed by atoms with Gasteiger partial charge in [-0.1, -0.05) is 19.1 Å². The maximum atomic E-state index is 13.2. The molecule has 1 aromatic heterocycles. The summed E-state index contributed by atoms with van der Waals surface area (Å²) in [7, 11) is -3.94. The highest BCUT2D eigenvalue weighted by Crippen LogP contribution is 2.34. The molecule has 0 aliphatic carbocycles. The molecule has 216 valence electrons. The number of carbonyl (C=O) groups excluding carboxylic acids is 2.